The summed E-state index contributed by atoms with van der Waals surface area (Å²) in [5, 5.41) is 0. The smallest absolute Gasteiger partial charge is 0.254 e. The molecule has 1 aliphatic heterocycles. The number of piperazine rings is 1. The first-order valence-electron chi connectivity index (χ1n) is 9.09. The minimum absolute atomic E-state index is 0.0198. The summed E-state index contributed by atoms with van der Waals surface area (Å²) >= 11 is 0. The molecule has 2 rings (SSSR count). The van der Waals surface area contributed by atoms with Crippen LogP contribution in [0.4, 0.5) is 0 Å². The highest BCUT2D eigenvalue weighted by molar-refractivity contribution is 5.98. The lowest BCUT2D eigenvalue weighted by Gasteiger charge is -2.39. The zero-order valence-corrected chi connectivity index (χ0v) is 15.4. The highest BCUT2D eigenvalue weighted by atomic mass is 16.2. The van der Waals surface area contributed by atoms with Crippen LogP contribution in [0.3, 0.4) is 0 Å². The Morgan fingerprint density at radius 2 is 1.88 bits per heavy atom. The van der Waals surface area contributed by atoms with E-state index in [0.29, 0.717) is 24.6 Å². The van der Waals surface area contributed by atoms with E-state index < -0.39 is 0 Å². The molecule has 0 saturated carbocycles. The molecule has 1 aliphatic rings. The van der Waals surface area contributed by atoms with Crippen molar-refractivity contribution in [1.82, 2.24) is 9.80 Å². The van der Waals surface area contributed by atoms with Gasteiger partial charge in [0.15, 0.2) is 0 Å². The summed E-state index contributed by atoms with van der Waals surface area (Å²) in [5.74, 6) is 0.647. The first kappa shape index (κ1) is 18.5. The van der Waals surface area contributed by atoms with Crippen LogP contribution in [0.1, 0.15) is 56.0 Å². The molecular formula is C20H30N2O2. The number of unbranched alkanes of at least 4 members (excludes halogenated alkanes) is 1. The Morgan fingerprint density at radius 1 is 1.21 bits per heavy atom. The van der Waals surface area contributed by atoms with Crippen LogP contribution in [-0.4, -0.2) is 47.8 Å². The Kier molecular flexibility index (Phi) is 6.41. The third-order valence-corrected chi connectivity index (χ3v) is 4.65. The van der Waals surface area contributed by atoms with Crippen LogP contribution in [0, 0.1) is 5.92 Å². The second kappa shape index (κ2) is 8.32. The lowest BCUT2D eigenvalue weighted by molar-refractivity contribution is -0.138. The van der Waals surface area contributed by atoms with Gasteiger partial charge in [0.1, 0.15) is 6.04 Å². The molecule has 1 aromatic rings. The number of hydrogen-bond donors (Lipinski definition) is 0. The average Bonchev–Trinajstić information content (AvgIpc) is 2.56. The van der Waals surface area contributed by atoms with Crippen molar-refractivity contribution >= 4 is 11.8 Å². The Morgan fingerprint density at radius 3 is 2.46 bits per heavy atom. The fourth-order valence-corrected chi connectivity index (χ4v) is 3.25. The van der Waals surface area contributed by atoms with Crippen molar-refractivity contribution in [2.75, 3.05) is 20.1 Å². The Hall–Kier alpha value is -1.84. The molecule has 0 unspecified atom stereocenters. The molecule has 0 spiro atoms. The van der Waals surface area contributed by atoms with Gasteiger partial charge in [0.05, 0.1) is 0 Å². The monoisotopic (exact) mass is 330 g/mol. The first-order chi connectivity index (χ1) is 11.4. The summed E-state index contributed by atoms with van der Waals surface area (Å²) in [6.07, 6.45) is 3.75. The minimum atomic E-state index is -0.313. The molecule has 0 aliphatic carbocycles. The van der Waals surface area contributed by atoms with Crippen molar-refractivity contribution in [2.24, 2.45) is 5.92 Å². The third-order valence-electron chi connectivity index (χ3n) is 4.65. The normalized spacial score (nSPS) is 18.4. The van der Waals surface area contributed by atoms with Gasteiger partial charge >= 0.3 is 0 Å². The molecule has 0 N–H and O–H groups in total. The standard InChI is InChI=1S/C20H30N2O2/c1-5-6-7-18-20(24)21(4)12-13-22(18)19(23)17-10-8-16(9-11-17)14-15(2)3/h8-11,15,18H,5-7,12-14H2,1-4H3/t18-/m0/s1. The van der Waals surface area contributed by atoms with Gasteiger partial charge in [-0.2, -0.15) is 0 Å². The quantitative estimate of drug-likeness (QED) is 0.802. The van der Waals surface area contributed by atoms with E-state index in [0.717, 1.165) is 25.7 Å². The number of hydrogen-bond acceptors (Lipinski definition) is 2. The van der Waals surface area contributed by atoms with Crippen molar-refractivity contribution in [1.29, 1.82) is 0 Å². The third kappa shape index (κ3) is 4.37. The van der Waals surface area contributed by atoms with Crippen LogP contribution >= 0.6 is 0 Å². The molecule has 0 bridgehead atoms. The number of carbonyl (C=O) groups excluding carboxylic acids is 2. The van der Waals surface area contributed by atoms with E-state index in [-0.39, 0.29) is 17.9 Å². The van der Waals surface area contributed by atoms with E-state index in [1.807, 2.05) is 31.3 Å². The van der Waals surface area contributed by atoms with Gasteiger partial charge in [0.2, 0.25) is 5.91 Å². The number of likely N-dealkylation sites (N-methyl/N-ethyl adjacent to an activating group) is 1. The first-order valence-corrected chi connectivity index (χ1v) is 9.09. The highest BCUT2D eigenvalue weighted by Gasteiger charge is 2.35. The predicted molar refractivity (Wildman–Crippen MR) is 97.0 cm³/mol. The summed E-state index contributed by atoms with van der Waals surface area (Å²) < 4.78 is 0. The molecule has 1 atom stereocenters. The van der Waals surface area contributed by atoms with Crippen LogP contribution in [-0.2, 0) is 11.2 Å². The summed E-state index contributed by atoms with van der Waals surface area (Å²) in [6.45, 7) is 7.71. The van der Waals surface area contributed by atoms with Gasteiger partial charge in [-0.3, -0.25) is 9.59 Å². The molecule has 2 amide bonds. The average molecular weight is 330 g/mol. The number of amides is 2. The molecule has 4 nitrogen and oxygen atoms in total. The molecule has 1 heterocycles. The second-order valence-corrected chi connectivity index (χ2v) is 7.21. The maximum atomic E-state index is 12.9. The number of rotatable bonds is 6. The SMILES string of the molecule is CCCC[C@H]1C(=O)N(C)CCN1C(=O)c1ccc(CC(C)C)cc1. The minimum Gasteiger partial charge on any atom is -0.342 e. The largest absolute Gasteiger partial charge is 0.342 e. The van der Waals surface area contributed by atoms with Gasteiger partial charge in [0, 0.05) is 25.7 Å². The van der Waals surface area contributed by atoms with Gasteiger partial charge in [-0.25, -0.2) is 0 Å². The highest BCUT2D eigenvalue weighted by Crippen LogP contribution is 2.20. The van der Waals surface area contributed by atoms with E-state index >= 15 is 0 Å². The molecule has 1 saturated heterocycles. The van der Waals surface area contributed by atoms with Crippen LogP contribution < -0.4 is 0 Å². The van der Waals surface area contributed by atoms with Crippen LogP contribution in [0.25, 0.3) is 0 Å². The summed E-state index contributed by atoms with van der Waals surface area (Å²) in [7, 11) is 1.82. The van der Waals surface area contributed by atoms with Gasteiger partial charge in [0.25, 0.3) is 5.91 Å². The van der Waals surface area contributed by atoms with E-state index in [9.17, 15) is 9.59 Å². The summed E-state index contributed by atoms with van der Waals surface area (Å²) in [6, 6.07) is 7.56. The Labute approximate surface area is 145 Å². The molecule has 0 aromatic heterocycles. The zero-order valence-electron chi connectivity index (χ0n) is 15.4. The van der Waals surface area contributed by atoms with Gasteiger partial charge in [-0.1, -0.05) is 45.7 Å². The maximum Gasteiger partial charge on any atom is 0.254 e. The van der Waals surface area contributed by atoms with Crippen molar-refractivity contribution < 1.29 is 9.59 Å². The molecule has 0 radical (unpaired) electrons. The topological polar surface area (TPSA) is 40.6 Å². The number of carbonyl (C=O) groups is 2. The lowest BCUT2D eigenvalue weighted by Crippen LogP contribution is -2.57. The van der Waals surface area contributed by atoms with Crippen LogP contribution in [0.15, 0.2) is 24.3 Å². The Balaban J connectivity index is 2.14. The van der Waals surface area contributed by atoms with Gasteiger partial charge in [-0.15, -0.1) is 0 Å². The fraction of sp³-hybridized carbons (Fsp3) is 0.600. The van der Waals surface area contributed by atoms with E-state index in [2.05, 4.69) is 20.8 Å². The van der Waals surface area contributed by atoms with Crippen molar-refractivity contribution in [3.8, 4) is 0 Å². The van der Waals surface area contributed by atoms with Crippen molar-refractivity contribution in [3.05, 3.63) is 35.4 Å². The Bertz CT molecular complexity index is 566. The number of nitrogens with zero attached hydrogens (tertiary/aromatic N) is 2. The molecular weight excluding hydrogens is 300 g/mol. The molecule has 1 fully saturated rings. The molecule has 24 heavy (non-hydrogen) atoms. The summed E-state index contributed by atoms with van der Waals surface area (Å²) in [4.78, 5) is 28.9. The molecule has 1 aromatic carbocycles. The predicted octanol–water partition coefficient (Wildman–Crippen LogP) is 3.36. The molecule has 132 valence electrons. The van der Waals surface area contributed by atoms with Crippen LogP contribution in [0.5, 0.6) is 0 Å². The summed E-state index contributed by atoms with van der Waals surface area (Å²) in [5.41, 5.74) is 1.93. The lowest BCUT2D eigenvalue weighted by atomic mass is 10.00. The maximum absolute atomic E-state index is 12.9. The van der Waals surface area contributed by atoms with E-state index in [4.69, 9.17) is 0 Å². The van der Waals surface area contributed by atoms with Crippen LogP contribution in [0.2, 0.25) is 0 Å². The second-order valence-electron chi connectivity index (χ2n) is 7.21. The van der Waals surface area contributed by atoms with E-state index in [1.54, 1.807) is 9.80 Å². The zero-order chi connectivity index (χ0) is 17.7. The van der Waals surface area contributed by atoms with Crippen molar-refractivity contribution in [3.63, 3.8) is 0 Å². The van der Waals surface area contributed by atoms with Gasteiger partial charge < -0.3 is 9.80 Å². The van der Waals surface area contributed by atoms with Crippen molar-refractivity contribution in [2.45, 2.75) is 52.5 Å². The molecule has 4 heteroatoms. The van der Waals surface area contributed by atoms with E-state index in [1.165, 1.54) is 5.56 Å². The van der Waals surface area contributed by atoms with Gasteiger partial charge in [-0.05, 0) is 36.5 Å². The fourth-order valence-electron chi connectivity index (χ4n) is 3.25. The number of benzene rings is 1.